The highest BCUT2D eigenvalue weighted by atomic mass is 127. The van der Waals surface area contributed by atoms with Crippen LogP contribution < -0.4 is 0 Å². The van der Waals surface area contributed by atoms with E-state index in [1.54, 1.807) is 0 Å². The van der Waals surface area contributed by atoms with Crippen molar-refractivity contribution in [1.82, 2.24) is 9.97 Å². The van der Waals surface area contributed by atoms with Gasteiger partial charge in [0.1, 0.15) is 11.0 Å². The van der Waals surface area contributed by atoms with Gasteiger partial charge in [-0.3, -0.25) is 0 Å². The molecule has 1 aromatic rings. The largest absolute Gasteiger partial charge is 0.237 e. The number of aromatic nitrogens is 2. The van der Waals surface area contributed by atoms with Gasteiger partial charge in [0.25, 0.3) is 0 Å². The van der Waals surface area contributed by atoms with Gasteiger partial charge in [-0.05, 0) is 48.3 Å². The molecule has 0 aliphatic heterocycles. The Morgan fingerprint density at radius 2 is 2.06 bits per heavy atom. The van der Waals surface area contributed by atoms with Crippen molar-refractivity contribution in [2.45, 2.75) is 45.4 Å². The molecule has 1 saturated carbocycles. The van der Waals surface area contributed by atoms with E-state index in [-0.39, 0.29) is 0 Å². The van der Waals surface area contributed by atoms with E-state index in [9.17, 15) is 0 Å². The first-order valence-corrected chi connectivity index (χ1v) is 7.23. The Morgan fingerprint density at radius 1 is 1.31 bits per heavy atom. The van der Waals surface area contributed by atoms with Crippen molar-refractivity contribution in [2.75, 3.05) is 0 Å². The lowest BCUT2D eigenvalue weighted by atomic mass is 9.82. The van der Waals surface area contributed by atoms with Crippen LogP contribution in [-0.4, -0.2) is 9.97 Å². The molecule has 16 heavy (non-hydrogen) atoms. The Morgan fingerprint density at radius 3 is 2.69 bits per heavy atom. The van der Waals surface area contributed by atoms with Gasteiger partial charge >= 0.3 is 0 Å². The molecule has 0 radical (unpaired) electrons. The first-order chi connectivity index (χ1) is 7.58. The van der Waals surface area contributed by atoms with Crippen LogP contribution >= 0.6 is 34.2 Å². The quantitative estimate of drug-likeness (QED) is 0.556. The third-order valence-corrected chi connectivity index (χ3v) is 5.18. The molecule has 1 aromatic heterocycles. The van der Waals surface area contributed by atoms with Gasteiger partial charge in [-0.2, -0.15) is 0 Å². The Kier molecular flexibility index (Phi) is 4.06. The first-order valence-electron chi connectivity index (χ1n) is 5.77. The van der Waals surface area contributed by atoms with Gasteiger partial charge in [0.05, 0.1) is 9.26 Å². The van der Waals surface area contributed by atoms with E-state index in [1.165, 1.54) is 25.7 Å². The first kappa shape index (κ1) is 12.6. The number of hydrogen-bond acceptors (Lipinski definition) is 2. The van der Waals surface area contributed by atoms with Gasteiger partial charge in [-0.25, -0.2) is 9.97 Å². The van der Waals surface area contributed by atoms with Gasteiger partial charge < -0.3 is 0 Å². The molecule has 0 N–H and O–H groups in total. The summed E-state index contributed by atoms with van der Waals surface area (Å²) in [5.41, 5.74) is 1.01. The Labute approximate surface area is 115 Å². The molecule has 2 nitrogen and oxygen atoms in total. The maximum Gasteiger partial charge on any atom is 0.146 e. The smallest absolute Gasteiger partial charge is 0.146 e. The SMILES string of the molecule is Cc1nc(C2CCCC(C)C2)nc(Cl)c1I. The van der Waals surface area contributed by atoms with Gasteiger partial charge in [-0.1, -0.05) is 31.4 Å². The van der Waals surface area contributed by atoms with Crippen molar-refractivity contribution < 1.29 is 0 Å². The van der Waals surface area contributed by atoms with E-state index in [0.717, 1.165) is 21.0 Å². The Hall–Kier alpha value is 0.100. The lowest BCUT2D eigenvalue weighted by Crippen LogP contribution is -2.15. The van der Waals surface area contributed by atoms with Crippen LogP contribution in [0.1, 0.15) is 50.0 Å². The minimum Gasteiger partial charge on any atom is -0.237 e. The van der Waals surface area contributed by atoms with Crippen molar-refractivity contribution in [3.05, 3.63) is 20.2 Å². The molecule has 2 atom stereocenters. The molecule has 0 saturated heterocycles. The zero-order valence-corrected chi connectivity index (χ0v) is 12.5. The molecule has 1 heterocycles. The van der Waals surface area contributed by atoms with E-state index in [1.807, 2.05) is 6.92 Å². The summed E-state index contributed by atoms with van der Waals surface area (Å²) in [6.45, 7) is 4.32. The van der Waals surface area contributed by atoms with Gasteiger partial charge in [0, 0.05) is 5.92 Å². The summed E-state index contributed by atoms with van der Waals surface area (Å²) in [5, 5.41) is 0.612. The molecule has 88 valence electrons. The minimum absolute atomic E-state index is 0.511. The van der Waals surface area contributed by atoms with Crippen molar-refractivity contribution >= 4 is 34.2 Å². The number of hydrogen-bond donors (Lipinski definition) is 0. The second kappa shape index (κ2) is 5.17. The van der Waals surface area contributed by atoms with E-state index >= 15 is 0 Å². The van der Waals surface area contributed by atoms with Crippen LogP contribution in [0.25, 0.3) is 0 Å². The highest BCUT2D eigenvalue weighted by molar-refractivity contribution is 14.1. The number of rotatable bonds is 1. The van der Waals surface area contributed by atoms with Crippen LogP contribution in [0.3, 0.4) is 0 Å². The topological polar surface area (TPSA) is 25.8 Å². The summed E-state index contributed by atoms with van der Waals surface area (Å²) in [6.07, 6.45) is 5.04. The van der Waals surface area contributed by atoms with E-state index < -0.39 is 0 Å². The normalized spacial score (nSPS) is 25.8. The Balaban J connectivity index is 2.26. The predicted molar refractivity (Wildman–Crippen MR) is 74.9 cm³/mol. The molecular formula is C12H16ClIN2. The summed E-state index contributed by atoms with van der Waals surface area (Å²) in [4.78, 5) is 9.03. The molecule has 1 aliphatic rings. The van der Waals surface area contributed by atoms with E-state index in [0.29, 0.717) is 11.1 Å². The third kappa shape index (κ3) is 2.67. The Bertz CT molecular complexity index is 372. The minimum atomic E-state index is 0.511. The summed E-state index contributed by atoms with van der Waals surface area (Å²) in [5.74, 6) is 2.26. The van der Waals surface area contributed by atoms with Crippen molar-refractivity contribution in [1.29, 1.82) is 0 Å². The molecule has 1 aliphatic carbocycles. The molecule has 1 fully saturated rings. The van der Waals surface area contributed by atoms with Crippen LogP contribution in [0.4, 0.5) is 0 Å². The van der Waals surface area contributed by atoms with Crippen molar-refractivity contribution in [2.24, 2.45) is 5.92 Å². The van der Waals surface area contributed by atoms with E-state index in [2.05, 4.69) is 39.5 Å². The zero-order valence-electron chi connectivity index (χ0n) is 9.63. The average Bonchev–Trinajstić information content (AvgIpc) is 2.25. The molecule has 0 spiro atoms. The maximum atomic E-state index is 6.12. The summed E-state index contributed by atoms with van der Waals surface area (Å²) in [7, 11) is 0. The third-order valence-electron chi connectivity index (χ3n) is 3.30. The fourth-order valence-corrected chi connectivity index (χ4v) is 2.86. The summed E-state index contributed by atoms with van der Waals surface area (Å²) < 4.78 is 0.979. The number of halogens is 2. The molecule has 0 aromatic carbocycles. The van der Waals surface area contributed by atoms with Crippen LogP contribution in [0.15, 0.2) is 0 Å². The number of aryl methyl sites for hydroxylation is 1. The summed E-state index contributed by atoms with van der Waals surface area (Å²) in [6, 6.07) is 0. The van der Waals surface area contributed by atoms with Gasteiger partial charge in [0.2, 0.25) is 0 Å². The zero-order chi connectivity index (χ0) is 11.7. The molecular weight excluding hydrogens is 335 g/mol. The molecule has 0 bridgehead atoms. The van der Waals surface area contributed by atoms with Crippen LogP contribution in [-0.2, 0) is 0 Å². The maximum absolute atomic E-state index is 6.12. The number of nitrogens with zero attached hydrogens (tertiary/aromatic N) is 2. The fraction of sp³-hybridized carbons (Fsp3) is 0.667. The monoisotopic (exact) mass is 350 g/mol. The van der Waals surface area contributed by atoms with Gasteiger partial charge in [0.15, 0.2) is 0 Å². The van der Waals surface area contributed by atoms with E-state index in [4.69, 9.17) is 11.6 Å². The molecule has 0 amide bonds. The second-order valence-corrected chi connectivity index (χ2v) is 6.18. The average molecular weight is 351 g/mol. The molecule has 4 heteroatoms. The van der Waals surface area contributed by atoms with Crippen LogP contribution in [0.5, 0.6) is 0 Å². The lowest BCUT2D eigenvalue weighted by molar-refractivity contribution is 0.335. The highest BCUT2D eigenvalue weighted by Crippen LogP contribution is 2.35. The van der Waals surface area contributed by atoms with Crippen LogP contribution in [0, 0.1) is 16.4 Å². The fourth-order valence-electron chi connectivity index (χ4n) is 2.40. The highest BCUT2D eigenvalue weighted by Gasteiger charge is 2.23. The lowest BCUT2D eigenvalue weighted by Gasteiger charge is -2.25. The molecule has 2 unspecified atom stereocenters. The second-order valence-electron chi connectivity index (χ2n) is 4.74. The van der Waals surface area contributed by atoms with Crippen molar-refractivity contribution in [3.8, 4) is 0 Å². The summed E-state index contributed by atoms with van der Waals surface area (Å²) >= 11 is 8.32. The predicted octanol–water partition coefficient (Wildman–Crippen LogP) is 4.34. The van der Waals surface area contributed by atoms with Crippen LogP contribution in [0.2, 0.25) is 5.15 Å². The van der Waals surface area contributed by atoms with Crippen molar-refractivity contribution in [3.63, 3.8) is 0 Å². The van der Waals surface area contributed by atoms with Gasteiger partial charge in [-0.15, -0.1) is 0 Å². The molecule has 2 rings (SSSR count). The standard InChI is InChI=1S/C12H16ClIN2/c1-7-4-3-5-9(6-7)12-15-8(2)10(14)11(13)16-12/h7,9H,3-6H2,1-2H3.